The van der Waals surface area contributed by atoms with Crippen molar-refractivity contribution >= 4 is 44.1 Å². The molecule has 5 N–H and O–H groups in total. The molecule has 148 valence electrons. The molecule has 0 fully saturated rings. The van der Waals surface area contributed by atoms with Crippen molar-refractivity contribution in [3.05, 3.63) is 58.2 Å². The summed E-state index contributed by atoms with van der Waals surface area (Å²) in [6.07, 6.45) is 3.75. The van der Waals surface area contributed by atoms with E-state index in [1.54, 1.807) is 0 Å². The Morgan fingerprint density at radius 1 is 1.34 bits per heavy atom. The second-order valence-electron chi connectivity index (χ2n) is 7.79. The van der Waals surface area contributed by atoms with Crippen molar-refractivity contribution in [3.8, 4) is 0 Å². The Bertz CT molecular complexity index is 1220. The lowest BCUT2D eigenvalue weighted by Gasteiger charge is -2.21. The first-order valence-electron chi connectivity index (χ1n) is 9.95. The fourth-order valence-corrected chi connectivity index (χ4v) is 5.14. The molecule has 0 aliphatic carbocycles. The molecule has 6 nitrogen and oxygen atoms in total. The zero-order valence-corrected chi connectivity index (χ0v) is 17.2. The highest BCUT2D eigenvalue weighted by Gasteiger charge is 2.22. The average molecular weight is 407 g/mol. The van der Waals surface area contributed by atoms with Gasteiger partial charge in [-0.05, 0) is 24.1 Å². The first-order chi connectivity index (χ1) is 14.1. The Labute approximate surface area is 172 Å². The number of nitrogens with one attached hydrogen (secondary N) is 3. The number of likely N-dealkylation sites (N-methyl/N-ethyl adjacent to an activating group) is 1. The molecule has 0 saturated heterocycles. The van der Waals surface area contributed by atoms with Gasteiger partial charge in [0.05, 0.1) is 25.0 Å². The minimum Gasteiger partial charge on any atom is -0.397 e. The van der Waals surface area contributed by atoms with Crippen molar-refractivity contribution in [1.29, 1.82) is 0 Å². The van der Waals surface area contributed by atoms with Crippen molar-refractivity contribution in [1.82, 2.24) is 15.3 Å². The van der Waals surface area contributed by atoms with E-state index >= 15 is 0 Å². The molecule has 1 amide bonds. The summed E-state index contributed by atoms with van der Waals surface area (Å²) in [4.78, 5) is 23.8. The van der Waals surface area contributed by atoms with E-state index in [1.165, 1.54) is 32.7 Å². The fourth-order valence-electron chi connectivity index (χ4n) is 4.13. The Morgan fingerprint density at radius 2 is 2.21 bits per heavy atom. The lowest BCUT2D eigenvalue weighted by atomic mass is 10.0. The molecule has 0 saturated carbocycles. The van der Waals surface area contributed by atoms with Crippen LogP contribution in [0.25, 0.3) is 21.1 Å². The first-order valence-corrected chi connectivity index (χ1v) is 10.8. The number of anilines is 1. The number of hydrogen-bond donors (Lipinski definition) is 4. The number of carbonyl (C=O) groups is 1. The molecule has 5 rings (SSSR count). The van der Waals surface area contributed by atoms with Crippen LogP contribution >= 0.6 is 11.3 Å². The third-order valence-corrected chi connectivity index (χ3v) is 6.85. The molecule has 4 heterocycles. The van der Waals surface area contributed by atoms with Crippen LogP contribution in [0.2, 0.25) is 0 Å². The minimum absolute atomic E-state index is 0.119. The SMILES string of the molecule is C[NH+]1CCc2nc3sc(C(=O)NCCc4c[nH]c5ccccc45)c(N)c3cc2C1. The summed E-state index contributed by atoms with van der Waals surface area (Å²) in [5.74, 6) is -0.119. The van der Waals surface area contributed by atoms with Crippen molar-refractivity contribution in [2.75, 3.05) is 25.9 Å². The first kappa shape index (κ1) is 18.1. The predicted octanol–water partition coefficient (Wildman–Crippen LogP) is 1.90. The number of H-pyrrole nitrogens is 1. The fraction of sp³-hybridized carbons (Fsp3) is 0.273. The maximum absolute atomic E-state index is 12.8. The van der Waals surface area contributed by atoms with Crippen molar-refractivity contribution in [2.45, 2.75) is 19.4 Å². The molecule has 0 bridgehead atoms. The van der Waals surface area contributed by atoms with Crippen LogP contribution in [0.4, 0.5) is 5.69 Å². The number of fused-ring (bicyclic) bond motifs is 3. The van der Waals surface area contributed by atoms with E-state index in [0.717, 1.165) is 47.4 Å². The molecule has 1 aliphatic rings. The largest absolute Gasteiger partial charge is 0.397 e. The zero-order chi connectivity index (χ0) is 20.0. The molecular formula is C22H24N5OS+. The van der Waals surface area contributed by atoms with Crippen LogP contribution in [0.5, 0.6) is 0 Å². The number of rotatable bonds is 4. The number of hydrogen-bond acceptors (Lipinski definition) is 4. The van der Waals surface area contributed by atoms with Crippen LogP contribution < -0.4 is 16.0 Å². The van der Waals surface area contributed by atoms with Gasteiger partial charge in [-0.1, -0.05) is 18.2 Å². The second kappa shape index (κ2) is 7.17. The lowest BCUT2D eigenvalue weighted by Crippen LogP contribution is -3.08. The standard InChI is InChI=1S/C22H23N5OS/c1-27-9-7-17-14(12-27)10-16-19(23)20(29-22(16)26-17)21(28)24-8-6-13-11-25-18-5-3-2-4-15(13)18/h2-5,10-11,25H,6-9,12,23H2,1H3,(H,24,28)/p+1. The van der Waals surface area contributed by atoms with Crippen LogP contribution in [-0.4, -0.2) is 36.0 Å². The molecule has 0 radical (unpaired) electrons. The third-order valence-electron chi connectivity index (χ3n) is 5.73. The number of aromatic nitrogens is 2. The van der Waals surface area contributed by atoms with Gasteiger partial charge in [0.2, 0.25) is 0 Å². The molecule has 1 unspecified atom stereocenters. The van der Waals surface area contributed by atoms with Crippen LogP contribution in [0.1, 0.15) is 26.5 Å². The maximum Gasteiger partial charge on any atom is 0.263 e. The molecule has 1 aliphatic heterocycles. The summed E-state index contributed by atoms with van der Waals surface area (Å²) in [5.41, 5.74) is 11.6. The Morgan fingerprint density at radius 3 is 3.10 bits per heavy atom. The smallest absolute Gasteiger partial charge is 0.263 e. The highest BCUT2D eigenvalue weighted by Crippen LogP contribution is 2.34. The number of carbonyl (C=O) groups excluding carboxylic acids is 1. The van der Waals surface area contributed by atoms with Gasteiger partial charge in [0, 0.05) is 41.0 Å². The van der Waals surface area contributed by atoms with Gasteiger partial charge in [-0.3, -0.25) is 4.79 Å². The second-order valence-corrected chi connectivity index (χ2v) is 8.79. The number of thiophene rings is 1. The number of aromatic amines is 1. The molecule has 7 heteroatoms. The van der Waals surface area contributed by atoms with E-state index in [9.17, 15) is 4.79 Å². The summed E-state index contributed by atoms with van der Waals surface area (Å²) >= 11 is 1.39. The summed E-state index contributed by atoms with van der Waals surface area (Å²) < 4.78 is 0. The minimum atomic E-state index is -0.119. The van der Waals surface area contributed by atoms with Gasteiger partial charge in [0.25, 0.3) is 5.91 Å². The van der Waals surface area contributed by atoms with Crippen LogP contribution in [0.3, 0.4) is 0 Å². The zero-order valence-electron chi connectivity index (χ0n) is 16.3. The van der Waals surface area contributed by atoms with Crippen molar-refractivity contribution in [2.24, 2.45) is 0 Å². The van der Waals surface area contributed by atoms with Gasteiger partial charge in [-0.25, -0.2) is 4.98 Å². The van der Waals surface area contributed by atoms with Gasteiger partial charge in [0.15, 0.2) is 0 Å². The van der Waals surface area contributed by atoms with Gasteiger partial charge < -0.3 is 20.9 Å². The summed E-state index contributed by atoms with van der Waals surface area (Å²) in [6, 6.07) is 10.3. The van der Waals surface area contributed by atoms with Crippen molar-refractivity contribution in [3.63, 3.8) is 0 Å². The Hall–Kier alpha value is -2.90. The van der Waals surface area contributed by atoms with E-state index in [2.05, 4.69) is 35.5 Å². The molecule has 29 heavy (non-hydrogen) atoms. The predicted molar refractivity (Wildman–Crippen MR) is 118 cm³/mol. The van der Waals surface area contributed by atoms with E-state index in [1.807, 2.05) is 18.3 Å². The van der Waals surface area contributed by atoms with E-state index < -0.39 is 0 Å². The monoisotopic (exact) mass is 406 g/mol. The number of benzene rings is 1. The van der Waals surface area contributed by atoms with Crippen molar-refractivity contribution < 1.29 is 9.69 Å². The van der Waals surface area contributed by atoms with E-state index in [0.29, 0.717) is 17.1 Å². The normalized spacial score (nSPS) is 16.2. The number of nitrogens with zero attached hydrogens (tertiary/aromatic N) is 1. The highest BCUT2D eigenvalue weighted by molar-refractivity contribution is 7.21. The highest BCUT2D eigenvalue weighted by atomic mass is 32.1. The molecular weight excluding hydrogens is 382 g/mol. The number of pyridine rings is 1. The number of quaternary nitrogens is 1. The maximum atomic E-state index is 12.8. The van der Waals surface area contributed by atoms with Gasteiger partial charge in [-0.15, -0.1) is 11.3 Å². The average Bonchev–Trinajstić information content (AvgIpc) is 3.28. The summed E-state index contributed by atoms with van der Waals surface area (Å²) in [6.45, 7) is 2.61. The molecule has 3 aromatic heterocycles. The van der Waals surface area contributed by atoms with Gasteiger partial charge >= 0.3 is 0 Å². The number of para-hydroxylation sites is 1. The topological polar surface area (TPSA) is 88.2 Å². The molecule has 1 aromatic carbocycles. The molecule has 1 atom stereocenters. The molecule has 0 spiro atoms. The number of amides is 1. The third kappa shape index (κ3) is 3.26. The van der Waals surface area contributed by atoms with E-state index in [-0.39, 0.29) is 5.91 Å². The van der Waals surface area contributed by atoms with Gasteiger partial charge in [0.1, 0.15) is 16.3 Å². The van der Waals surface area contributed by atoms with Crippen LogP contribution in [0.15, 0.2) is 36.5 Å². The number of nitrogen functional groups attached to an aromatic ring is 1. The van der Waals surface area contributed by atoms with Crippen LogP contribution in [-0.2, 0) is 19.4 Å². The van der Waals surface area contributed by atoms with Crippen LogP contribution in [0, 0.1) is 0 Å². The summed E-state index contributed by atoms with van der Waals surface area (Å²) in [7, 11) is 2.19. The molecule has 4 aromatic rings. The Kier molecular flexibility index (Phi) is 4.49. The lowest BCUT2D eigenvalue weighted by molar-refractivity contribution is -0.895. The van der Waals surface area contributed by atoms with Gasteiger partial charge in [-0.2, -0.15) is 0 Å². The quantitative estimate of drug-likeness (QED) is 0.417. The summed E-state index contributed by atoms with van der Waals surface area (Å²) in [5, 5.41) is 5.13. The Balaban J connectivity index is 1.33. The van der Waals surface area contributed by atoms with E-state index in [4.69, 9.17) is 10.7 Å². The number of nitrogens with two attached hydrogens (primary N) is 1.